The first-order valence-corrected chi connectivity index (χ1v) is 6.68. The molecular formula is C14H13Cl2N3O. The lowest BCUT2D eigenvalue weighted by Crippen LogP contribution is -2.16. The van der Waals surface area contributed by atoms with Gasteiger partial charge in [0.05, 0.1) is 12.1 Å². The number of carbonyl (C=O) groups excluding carboxylic acids is 1. The minimum absolute atomic E-state index is 0.177. The summed E-state index contributed by atoms with van der Waals surface area (Å²) in [5.74, 6) is -0.177. The number of aromatic nitrogens is 1. The standard InChI is InChI=1S/C14H13Cl2N3O/c1-8-6-11(15)18-14(16)13(8)19-12(20)7-9-2-4-10(17)5-3-9/h2-6H,7,17H2,1H3,(H,19,20). The molecule has 0 aliphatic carbocycles. The molecule has 6 heteroatoms. The van der Waals surface area contributed by atoms with Gasteiger partial charge in [-0.25, -0.2) is 4.98 Å². The number of nitrogen functional groups attached to an aromatic ring is 1. The summed E-state index contributed by atoms with van der Waals surface area (Å²) in [6.07, 6.45) is 0.235. The molecule has 1 heterocycles. The Balaban J connectivity index is 2.10. The van der Waals surface area contributed by atoms with Gasteiger partial charge >= 0.3 is 0 Å². The molecule has 0 atom stereocenters. The molecule has 1 amide bonds. The summed E-state index contributed by atoms with van der Waals surface area (Å²) in [5.41, 5.74) is 8.37. The van der Waals surface area contributed by atoms with Crippen LogP contribution in [0.25, 0.3) is 0 Å². The third-order valence-electron chi connectivity index (χ3n) is 2.75. The Kier molecular flexibility index (Phi) is 4.47. The van der Waals surface area contributed by atoms with Crippen molar-refractivity contribution in [1.82, 2.24) is 4.98 Å². The van der Waals surface area contributed by atoms with Crippen LogP contribution in [0.4, 0.5) is 11.4 Å². The van der Waals surface area contributed by atoms with Crippen LogP contribution in [-0.4, -0.2) is 10.9 Å². The zero-order valence-electron chi connectivity index (χ0n) is 10.8. The van der Waals surface area contributed by atoms with Crippen molar-refractivity contribution in [3.63, 3.8) is 0 Å². The number of hydrogen-bond donors (Lipinski definition) is 2. The van der Waals surface area contributed by atoms with Gasteiger partial charge in [-0.15, -0.1) is 0 Å². The van der Waals surface area contributed by atoms with Crippen molar-refractivity contribution in [3.05, 3.63) is 51.8 Å². The summed E-state index contributed by atoms with van der Waals surface area (Å²) >= 11 is 11.8. The maximum atomic E-state index is 12.0. The van der Waals surface area contributed by atoms with E-state index in [-0.39, 0.29) is 17.5 Å². The summed E-state index contributed by atoms with van der Waals surface area (Å²) in [6.45, 7) is 1.80. The van der Waals surface area contributed by atoms with Crippen molar-refractivity contribution in [3.8, 4) is 0 Å². The van der Waals surface area contributed by atoms with Crippen molar-refractivity contribution in [2.45, 2.75) is 13.3 Å². The van der Waals surface area contributed by atoms with Crippen LogP contribution in [0, 0.1) is 6.92 Å². The smallest absolute Gasteiger partial charge is 0.228 e. The molecule has 0 radical (unpaired) electrons. The van der Waals surface area contributed by atoms with Crippen LogP contribution in [0.3, 0.4) is 0 Å². The number of anilines is 2. The van der Waals surface area contributed by atoms with Gasteiger partial charge in [-0.3, -0.25) is 4.79 Å². The normalized spacial score (nSPS) is 10.3. The molecule has 2 rings (SSSR count). The van der Waals surface area contributed by atoms with E-state index < -0.39 is 0 Å². The van der Waals surface area contributed by atoms with E-state index in [9.17, 15) is 4.79 Å². The molecule has 20 heavy (non-hydrogen) atoms. The second kappa shape index (κ2) is 6.11. The topological polar surface area (TPSA) is 68.0 Å². The number of hydrogen-bond acceptors (Lipinski definition) is 3. The van der Waals surface area contributed by atoms with Gasteiger partial charge in [0, 0.05) is 5.69 Å². The Hall–Kier alpha value is -1.78. The molecule has 104 valence electrons. The van der Waals surface area contributed by atoms with Crippen molar-refractivity contribution in [2.75, 3.05) is 11.1 Å². The Morgan fingerprint density at radius 2 is 1.95 bits per heavy atom. The van der Waals surface area contributed by atoms with Crippen LogP contribution < -0.4 is 11.1 Å². The highest BCUT2D eigenvalue weighted by atomic mass is 35.5. The van der Waals surface area contributed by atoms with E-state index in [0.29, 0.717) is 16.5 Å². The molecule has 3 N–H and O–H groups in total. The van der Waals surface area contributed by atoms with Gasteiger partial charge in [-0.1, -0.05) is 35.3 Å². The summed E-state index contributed by atoms with van der Waals surface area (Å²) in [7, 11) is 0. The van der Waals surface area contributed by atoms with Gasteiger partial charge in [0.25, 0.3) is 0 Å². The molecule has 0 saturated carbocycles. The monoisotopic (exact) mass is 309 g/mol. The number of nitrogens with one attached hydrogen (secondary N) is 1. The summed E-state index contributed by atoms with van der Waals surface area (Å²) < 4.78 is 0. The van der Waals surface area contributed by atoms with E-state index in [1.807, 2.05) is 12.1 Å². The zero-order chi connectivity index (χ0) is 14.7. The van der Waals surface area contributed by atoms with Crippen molar-refractivity contribution >= 4 is 40.5 Å². The zero-order valence-corrected chi connectivity index (χ0v) is 12.3. The number of halogens is 2. The number of rotatable bonds is 3. The molecule has 0 bridgehead atoms. The first kappa shape index (κ1) is 14.6. The fraction of sp³-hybridized carbons (Fsp3) is 0.143. The van der Waals surface area contributed by atoms with E-state index in [1.165, 1.54) is 0 Å². The Morgan fingerprint density at radius 1 is 1.30 bits per heavy atom. The average Bonchev–Trinajstić information content (AvgIpc) is 2.36. The largest absolute Gasteiger partial charge is 0.399 e. The van der Waals surface area contributed by atoms with Gasteiger partial charge < -0.3 is 11.1 Å². The molecule has 0 unspecified atom stereocenters. The fourth-order valence-electron chi connectivity index (χ4n) is 1.75. The fourth-order valence-corrected chi connectivity index (χ4v) is 2.33. The molecule has 0 aliphatic rings. The second-order valence-electron chi connectivity index (χ2n) is 4.39. The molecule has 0 aliphatic heterocycles. The summed E-state index contributed by atoms with van der Waals surface area (Å²) in [6, 6.07) is 8.77. The number of carbonyl (C=O) groups is 1. The number of pyridine rings is 1. The van der Waals surface area contributed by atoms with Crippen LogP contribution >= 0.6 is 23.2 Å². The highest BCUT2D eigenvalue weighted by Gasteiger charge is 2.11. The average molecular weight is 310 g/mol. The quantitative estimate of drug-likeness (QED) is 0.674. The van der Waals surface area contributed by atoms with Crippen LogP contribution in [0.15, 0.2) is 30.3 Å². The maximum Gasteiger partial charge on any atom is 0.228 e. The molecule has 0 fully saturated rings. The van der Waals surface area contributed by atoms with E-state index in [2.05, 4.69) is 10.3 Å². The number of benzene rings is 1. The summed E-state index contributed by atoms with van der Waals surface area (Å²) in [4.78, 5) is 15.9. The van der Waals surface area contributed by atoms with Crippen molar-refractivity contribution in [1.29, 1.82) is 0 Å². The van der Waals surface area contributed by atoms with Gasteiger partial charge in [0.2, 0.25) is 5.91 Å². The van der Waals surface area contributed by atoms with Crippen LogP contribution in [0.2, 0.25) is 10.3 Å². The third kappa shape index (κ3) is 3.62. The summed E-state index contributed by atoms with van der Waals surface area (Å²) in [5, 5.41) is 3.22. The SMILES string of the molecule is Cc1cc(Cl)nc(Cl)c1NC(=O)Cc1ccc(N)cc1. The minimum Gasteiger partial charge on any atom is -0.399 e. The number of aryl methyl sites for hydroxylation is 1. The van der Waals surface area contributed by atoms with Crippen LogP contribution in [0.5, 0.6) is 0 Å². The molecule has 1 aromatic carbocycles. The van der Waals surface area contributed by atoms with E-state index in [1.54, 1.807) is 25.1 Å². The number of nitrogens with zero attached hydrogens (tertiary/aromatic N) is 1. The van der Waals surface area contributed by atoms with Gasteiger partial charge in [-0.2, -0.15) is 0 Å². The number of amides is 1. The van der Waals surface area contributed by atoms with Crippen LogP contribution in [-0.2, 0) is 11.2 Å². The molecular weight excluding hydrogens is 297 g/mol. The molecule has 2 aromatic rings. The maximum absolute atomic E-state index is 12.0. The lowest BCUT2D eigenvalue weighted by molar-refractivity contribution is -0.115. The van der Waals surface area contributed by atoms with Crippen molar-refractivity contribution in [2.24, 2.45) is 0 Å². The van der Waals surface area contributed by atoms with Gasteiger partial charge in [-0.05, 0) is 36.2 Å². The molecule has 0 spiro atoms. The van der Waals surface area contributed by atoms with Gasteiger partial charge in [0.1, 0.15) is 5.15 Å². The molecule has 0 saturated heterocycles. The highest BCUT2D eigenvalue weighted by molar-refractivity contribution is 6.34. The van der Waals surface area contributed by atoms with Crippen LogP contribution in [0.1, 0.15) is 11.1 Å². The lowest BCUT2D eigenvalue weighted by Gasteiger charge is -2.10. The van der Waals surface area contributed by atoms with E-state index in [4.69, 9.17) is 28.9 Å². The number of nitrogens with two attached hydrogens (primary N) is 1. The van der Waals surface area contributed by atoms with E-state index in [0.717, 1.165) is 11.1 Å². The minimum atomic E-state index is -0.177. The Morgan fingerprint density at radius 3 is 2.55 bits per heavy atom. The third-order valence-corrected chi connectivity index (χ3v) is 3.22. The Labute approximate surface area is 126 Å². The lowest BCUT2D eigenvalue weighted by atomic mass is 10.1. The second-order valence-corrected chi connectivity index (χ2v) is 5.14. The van der Waals surface area contributed by atoms with Gasteiger partial charge in [0.15, 0.2) is 5.15 Å². The predicted octanol–water partition coefficient (Wildman–Crippen LogP) is 3.46. The van der Waals surface area contributed by atoms with E-state index >= 15 is 0 Å². The van der Waals surface area contributed by atoms with Crippen molar-refractivity contribution < 1.29 is 4.79 Å². The molecule has 4 nitrogen and oxygen atoms in total. The first-order chi connectivity index (χ1) is 9.45. The predicted molar refractivity (Wildman–Crippen MR) is 82.2 cm³/mol. The highest BCUT2D eigenvalue weighted by Crippen LogP contribution is 2.26. The molecule has 1 aromatic heterocycles. The first-order valence-electron chi connectivity index (χ1n) is 5.92. The Bertz CT molecular complexity index is 618.